The molecular weight excluding hydrogens is 240 g/mol. The second-order valence-electron chi connectivity index (χ2n) is 3.95. The Bertz CT molecular complexity index is 690. The highest BCUT2D eigenvalue weighted by Crippen LogP contribution is 2.18. The number of rotatable bonds is 3. The Morgan fingerprint density at radius 1 is 0.947 bits per heavy atom. The Balaban J connectivity index is 1.92. The Morgan fingerprint density at radius 3 is 2.47 bits per heavy atom. The van der Waals surface area contributed by atoms with Gasteiger partial charge in [0.15, 0.2) is 5.69 Å². The summed E-state index contributed by atoms with van der Waals surface area (Å²) in [5.74, 6) is 0.186. The van der Waals surface area contributed by atoms with Gasteiger partial charge in [0.25, 0.3) is 0 Å². The van der Waals surface area contributed by atoms with E-state index in [1.54, 1.807) is 24.4 Å². The average molecular weight is 250 g/mol. The summed E-state index contributed by atoms with van der Waals surface area (Å²) in [6, 6.07) is 14.6. The van der Waals surface area contributed by atoms with Crippen molar-refractivity contribution in [2.75, 3.05) is 0 Å². The molecule has 0 radical (unpaired) electrons. The molecule has 0 aliphatic heterocycles. The lowest BCUT2D eigenvalue weighted by atomic mass is 10.2. The number of oxazole rings is 1. The zero-order valence-electron chi connectivity index (χ0n) is 9.98. The molecule has 3 rings (SSSR count). The molecule has 4 nitrogen and oxygen atoms in total. The van der Waals surface area contributed by atoms with Crippen molar-refractivity contribution in [1.82, 2.24) is 9.97 Å². The maximum atomic E-state index is 12.1. The number of pyridine rings is 1. The number of aromatic nitrogens is 2. The van der Waals surface area contributed by atoms with Gasteiger partial charge in [-0.3, -0.25) is 9.78 Å². The van der Waals surface area contributed by atoms with Crippen molar-refractivity contribution in [3.63, 3.8) is 0 Å². The van der Waals surface area contributed by atoms with Crippen molar-refractivity contribution < 1.29 is 9.21 Å². The van der Waals surface area contributed by atoms with E-state index in [0.717, 1.165) is 5.56 Å². The molecule has 0 aliphatic carbocycles. The molecule has 0 atom stereocenters. The van der Waals surface area contributed by atoms with Crippen LogP contribution in [0.5, 0.6) is 0 Å². The van der Waals surface area contributed by atoms with Gasteiger partial charge in [-0.15, -0.1) is 0 Å². The van der Waals surface area contributed by atoms with Crippen LogP contribution in [0.15, 0.2) is 65.4 Å². The summed E-state index contributed by atoms with van der Waals surface area (Å²) < 4.78 is 5.33. The number of ketones is 1. The first-order chi connectivity index (χ1) is 9.34. The second kappa shape index (κ2) is 4.86. The van der Waals surface area contributed by atoms with Crippen LogP contribution in [-0.2, 0) is 0 Å². The van der Waals surface area contributed by atoms with Crippen LogP contribution in [0, 0.1) is 0 Å². The minimum Gasteiger partial charge on any atom is -0.444 e. The van der Waals surface area contributed by atoms with Crippen molar-refractivity contribution in [3.8, 4) is 11.5 Å². The van der Waals surface area contributed by atoms with Crippen molar-refractivity contribution in [3.05, 3.63) is 72.4 Å². The first kappa shape index (κ1) is 11.3. The summed E-state index contributed by atoms with van der Waals surface area (Å²) >= 11 is 0. The van der Waals surface area contributed by atoms with E-state index < -0.39 is 0 Å². The zero-order chi connectivity index (χ0) is 13.1. The lowest BCUT2D eigenvalue weighted by molar-refractivity contribution is 0.103. The van der Waals surface area contributed by atoms with Crippen LogP contribution in [0.2, 0.25) is 0 Å². The van der Waals surface area contributed by atoms with Crippen LogP contribution in [0.4, 0.5) is 0 Å². The highest BCUT2D eigenvalue weighted by atomic mass is 16.3. The van der Waals surface area contributed by atoms with Crippen molar-refractivity contribution in [2.45, 2.75) is 0 Å². The van der Waals surface area contributed by atoms with Gasteiger partial charge in [0.2, 0.25) is 11.7 Å². The summed E-state index contributed by atoms with van der Waals surface area (Å²) in [6.07, 6.45) is 2.94. The van der Waals surface area contributed by atoms with E-state index in [-0.39, 0.29) is 11.5 Å². The molecule has 0 bridgehead atoms. The predicted molar refractivity (Wildman–Crippen MR) is 69.6 cm³/mol. The minimum atomic E-state index is -0.244. The molecule has 0 fully saturated rings. The first-order valence-electron chi connectivity index (χ1n) is 5.81. The van der Waals surface area contributed by atoms with Gasteiger partial charge in [-0.2, -0.15) is 0 Å². The van der Waals surface area contributed by atoms with Gasteiger partial charge in [-0.05, 0) is 24.3 Å². The molecule has 4 heteroatoms. The minimum absolute atomic E-state index is 0.244. The lowest BCUT2D eigenvalue weighted by Gasteiger charge is -1.94. The fourth-order valence-electron chi connectivity index (χ4n) is 1.72. The first-order valence-corrected chi connectivity index (χ1v) is 5.81. The van der Waals surface area contributed by atoms with Gasteiger partial charge in [0, 0.05) is 11.8 Å². The van der Waals surface area contributed by atoms with E-state index in [9.17, 15) is 4.79 Å². The molecular formula is C15H10N2O2. The Morgan fingerprint density at radius 2 is 1.74 bits per heavy atom. The predicted octanol–water partition coefficient (Wildman–Crippen LogP) is 2.97. The monoisotopic (exact) mass is 250 g/mol. The molecule has 3 aromatic rings. The topological polar surface area (TPSA) is 56.0 Å². The number of hydrogen-bond acceptors (Lipinski definition) is 4. The SMILES string of the molecule is O=C(c1ccccn1)c1coc(-c2ccccc2)n1. The van der Waals surface area contributed by atoms with Crippen molar-refractivity contribution >= 4 is 5.78 Å². The molecule has 92 valence electrons. The molecule has 0 saturated heterocycles. The summed E-state index contributed by atoms with van der Waals surface area (Å²) in [5, 5.41) is 0. The molecule has 0 aliphatic rings. The molecule has 2 heterocycles. The Kier molecular flexibility index (Phi) is 2.90. The normalized spacial score (nSPS) is 10.3. The van der Waals surface area contributed by atoms with E-state index in [4.69, 9.17) is 4.42 Å². The maximum Gasteiger partial charge on any atom is 0.232 e. The van der Waals surface area contributed by atoms with Crippen LogP contribution in [-0.4, -0.2) is 15.8 Å². The van der Waals surface area contributed by atoms with E-state index in [2.05, 4.69) is 9.97 Å². The smallest absolute Gasteiger partial charge is 0.232 e. The summed E-state index contributed by atoms with van der Waals surface area (Å²) in [5.41, 5.74) is 1.45. The maximum absolute atomic E-state index is 12.1. The largest absolute Gasteiger partial charge is 0.444 e. The Labute approximate surface area is 109 Å². The standard InChI is InChI=1S/C15H10N2O2/c18-14(12-8-4-5-9-16-12)13-10-19-15(17-13)11-6-2-1-3-7-11/h1-10H. The van der Waals surface area contributed by atoms with Gasteiger partial charge in [-0.25, -0.2) is 4.98 Å². The zero-order valence-corrected chi connectivity index (χ0v) is 9.98. The Hall–Kier alpha value is -2.75. The average Bonchev–Trinajstić information content (AvgIpc) is 2.98. The fourth-order valence-corrected chi connectivity index (χ4v) is 1.72. The summed E-state index contributed by atoms with van der Waals surface area (Å²) in [7, 11) is 0. The third-order valence-electron chi connectivity index (χ3n) is 2.66. The fraction of sp³-hybridized carbons (Fsp3) is 0. The van der Waals surface area contributed by atoms with E-state index in [1.807, 2.05) is 30.3 Å². The van der Waals surface area contributed by atoms with Crippen LogP contribution in [0.25, 0.3) is 11.5 Å². The molecule has 1 aromatic carbocycles. The number of carbonyl (C=O) groups is 1. The van der Waals surface area contributed by atoms with Crippen LogP contribution < -0.4 is 0 Å². The van der Waals surface area contributed by atoms with Gasteiger partial charge in [0.1, 0.15) is 12.0 Å². The quantitative estimate of drug-likeness (QED) is 0.670. The molecule has 0 saturated carbocycles. The van der Waals surface area contributed by atoms with E-state index in [0.29, 0.717) is 11.6 Å². The third kappa shape index (κ3) is 2.28. The molecule has 19 heavy (non-hydrogen) atoms. The van der Waals surface area contributed by atoms with Gasteiger partial charge in [0.05, 0.1) is 0 Å². The number of carbonyl (C=O) groups excluding carboxylic acids is 1. The van der Waals surface area contributed by atoms with Gasteiger partial charge >= 0.3 is 0 Å². The van der Waals surface area contributed by atoms with E-state index >= 15 is 0 Å². The summed E-state index contributed by atoms with van der Waals surface area (Å²) in [4.78, 5) is 20.3. The third-order valence-corrected chi connectivity index (χ3v) is 2.66. The highest BCUT2D eigenvalue weighted by molar-refractivity contribution is 6.06. The molecule has 0 amide bonds. The molecule has 0 unspecified atom stereocenters. The highest BCUT2D eigenvalue weighted by Gasteiger charge is 2.15. The summed E-state index contributed by atoms with van der Waals surface area (Å²) in [6.45, 7) is 0. The van der Waals surface area contributed by atoms with Crippen LogP contribution >= 0.6 is 0 Å². The second-order valence-corrected chi connectivity index (χ2v) is 3.95. The number of nitrogens with zero attached hydrogens (tertiary/aromatic N) is 2. The van der Waals surface area contributed by atoms with E-state index in [1.165, 1.54) is 6.26 Å². The molecule has 2 aromatic heterocycles. The van der Waals surface area contributed by atoms with Crippen molar-refractivity contribution in [2.24, 2.45) is 0 Å². The van der Waals surface area contributed by atoms with Crippen LogP contribution in [0.1, 0.15) is 16.2 Å². The van der Waals surface area contributed by atoms with Crippen LogP contribution in [0.3, 0.4) is 0 Å². The van der Waals surface area contributed by atoms with Gasteiger partial charge in [-0.1, -0.05) is 24.3 Å². The molecule has 0 N–H and O–H groups in total. The lowest BCUT2D eigenvalue weighted by Crippen LogP contribution is -2.03. The molecule has 0 spiro atoms. The number of benzene rings is 1. The van der Waals surface area contributed by atoms with Crippen molar-refractivity contribution in [1.29, 1.82) is 0 Å². The number of hydrogen-bond donors (Lipinski definition) is 0. The van der Waals surface area contributed by atoms with Gasteiger partial charge < -0.3 is 4.42 Å².